The van der Waals surface area contributed by atoms with Crippen LogP contribution in [0.25, 0.3) is 0 Å². The van der Waals surface area contributed by atoms with Crippen molar-refractivity contribution in [2.75, 3.05) is 18.9 Å². The van der Waals surface area contributed by atoms with Crippen LogP contribution in [-0.4, -0.2) is 57.6 Å². The molecule has 1 aliphatic heterocycles. The van der Waals surface area contributed by atoms with Crippen LogP contribution < -0.4 is 26.8 Å². The normalized spacial score (nSPS) is 26.0. The fourth-order valence-corrected chi connectivity index (χ4v) is 5.08. The van der Waals surface area contributed by atoms with Crippen molar-refractivity contribution in [2.45, 2.75) is 57.7 Å². The highest BCUT2D eigenvalue weighted by Gasteiger charge is 2.52. The van der Waals surface area contributed by atoms with Gasteiger partial charge in [0.05, 0.1) is 18.8 Å². The summed E-state index contributed by atoms with van der Waals surface area (Å²) in [5.41, 5.74) is 9.70. The molecule has 1 aliphatic rings. The van der Waals surface area contributed by atoms with Gasteiger partial charge in [0.15, 0.2) is 6.23 Å². The third kappa shape index (κ3) is 7.16. The van der Waals surface area contributed by atoms with Crippen LogP contribution >= 0.6 is 7.75 Å². The number of carbonyl (C=O) groups excluding carboxylic acids is 1. The van der Waals surface area contributed by atoms with Gasteiger partial charge < -0.3 is 30.6 Å². The third-order valence-electron chi connectivity index (χ3n) is 5.57. The van der Waals surface area contributed by atoms with Gasteiger partial charge in [0.2, 0.25) is 0 Å². The van der Waals surface area contributed by atoms with Crippen molar-refractivity contribution in [2.24, 2.45) is 11.7 Å². The number of aromatic nitrogens is 2. The number of nitrogen functional groups attached to an aromatic ring is 1. The molecule has 0 bridgehead atoms. The Hall–Kier alpha value is -2.80. The number of aliphatic hydroxyl groups is 1. The molecule has 0 radical (unpaired) electrons. The zero-order valence-electron chi connectivity index (χ0n) is 21.1. The lowest BCUT2D eigenvalue weighted by molar-refractivity contribution is -0.146. The van der Waals surface area contributed by atoms with Gasteiger partial charge in [-0.05, 0) is 38.0 Å². The smallest absolute Gasteiger partial charge is 0.459 e. The van der Waals surface area contributed by atoms with E-state index in [1.165, 1.54) is 26.1 Å². The van der Waals surface area contributed by atoms with Crippen molar-refractivity contribution in [3.05, 3.63) is 53.1 Å². The van der Waals surface area contributed by atoms with Crippen LogP contribution in [0, 0.1) is 5.92 Å². The average molecular weight is 540 g/mol. The number of carbonyl (C=O) groups is 1. The lowest BCUT2D eigenvalue weighted by Crippen LogP contribution is -2.53. The molecule has 0 saturated carbocycles. The molecule has 6 N–H and O–H groups in total. The van der Waals surface area contributed by atoms with Crippen LogP contribution in [0.2, 0.25) is 0 Å². The number of esters is 1. The lowest BCUT2D eigenvalue weighted by atomic mass is 9.93. The molecule has 1 saturated heterocycles. The standard InChI is InChI=1S/C23H34N5O8P/c1-14(2)12-33-20(30)15(3)27-37(32,36-16-8-6-5-7-9-16)34-13-17-19(29)23(4,25)21(35-17)28-11-10-18(24)26-22(28)31/h5-11,14-15,17,19,21,29H,12-13,25H2,1-4H3,(H,27,32)(H2,24,26,31)/t15-,17+,19+,21+,23+,37?/m0/s1. The van der Waals surface area contributed by atoms with E-state index in [1.54, 1.807) is 30.3 Å². The SMILES string of the molecule is CC(C)COC(=O)[C@H](C)NP(=O)(OC[C@H]1O[C@@H](n2ccc(N)nc2=O)[C@](C)(N)[C@@H]1O)Oc1ccccc1. The van der Waals surface area contributed by atoms with Crippen molar-refractivity contribution in [1.29, 1.82) is 0 Å². The lowest BCUT2D eigenvalue weighted by Gasteiger charge is -2.28. The summed E-state index contributed by atoms with van der Waals surface area (Å²) in [5, 5.41) is 13.4. The fourth-order valence-electron chi connectivity index (χ4n) is 3.58. The van der Waals surface area contributed by atoms with Crippen molar-refractivity contribution in [1.82, 2.24) is 14.6 Å². The summed E-state index contributed by atoms with van der Waals surface area (Å²) in [5.74, 6) is -0.293. The highest BCUT2D eigenvalue weighted by atomic mass is 31.2. The zero-order chi connectivity index (χ0) is 27.4. The quantitative estimate of drug-likeness (QED) is 0.236. The summed E-state index contributed by atoms with van der Waals surface area (Å²) in [6.45, 7) is 6.47. The fraction of sp³-hybridized carbons (Fsp3) is 0.522. The van der Waals surface area contributed by atoms with E-state index in [-0.39, 0.29) is 24.1 Å². The van der Waals surface area contributed by atoms with Crippen molar-refractivity contribution in [3.8, 4) is 5.75 Å². The molecule has 0 aliphatic carbocycles. The number of nitrogens with zero attached hydrogens (tertiary/aromatic N) is 2. The minimum atomic E-state index is -4.21. The Kier molecular flexibility index (Phi) is 9.11. The van der Waals surface area contributed by atoms with Gasteiger partial charge in [0.25, 0.3) is 0 Å². The summed E-state index contributed by atoms with van der Waals surface area (Å²) in [6.07, 6.45) is -2.21. The first kappa shape index (κ1) is 28.8. The predicted molar refractivity (Wildman–Crippen MR) is 134 cm³/mol. The van der Waals surface area contributed by atoms with E-state index in [9.17, 15) is 19.3 Å². The van der Waals surface area contributed by atoms with Gasteiger partial charge in [0, 0.05) is 6.20 Å². The number of para-hydroxylation sites is 1. The third-order valence-corrected chi connectivity index (χ3v) is 7.21. The van der Waals surface area contributed by atoms with E-state index in [0.717, 1.165) is 4.57 Å². The van der Waals surface area contributed by atoms with Crippen LogP contribution in [0.4, 0.5) is 5.82 Å². The molecule has 6 atom stereocenters. The highest BCUT2D eigenvalue weighted by Crippen LogP contribution is 2.46. The molecular weight excluding hydrogens is 505 g/mol. The number of nitrogens with two attached hydrogens (primary N) is 2. The monoisotopic (exact) mass is 539 g/mol. The summed E-state index contributed by atoms with van der Waals surface area (Å²) in [6, 6.07) is 8.57. The number of hydrogen-bond acceptors (Lipinski definition) is 11. The second-order valence-corrected chi connectivity index (χ2v) is 11.1. The molecule has 1 unspecified atom stereocenters. The number of benzene rings is 1. The molecule has 0 spiro atoms. The first-order valence-electron chi connectivity index (χ1n) is 11.7. The van der Waals surface area contributed by atoms with Crippen LogP contribution in [0.3, 0.4) is 0 Å². The molecule has 204 valence electrons. The first-order chi connectivity index (χ1) is 17.3. The van der Waals surface area contributed by atoms with Crippen molar-refractivity contribution < 1.29 is 33.0 Å². The topological polar surface area (TPSA) is 190 Å². The molecule has 14 heteroatoms. The Morgan fingerprint density at radius 3 is 2.59 bits per heavy atom. The van der Waals surface area contributed by atoms with Crippen LogP contribution in [0.5, 0.6) is 5.75 Å². The molecule has 2 heterocycles. The van der Waals surface area contributed by atoms with Crippen LogP contribution in [0.15, 0.2) is 47.4 Å². The summed E-state index contributed by atoms with van der Waals surface area (Å²) < 4.78 is 37.1. The zero-order valence-corrected chi connectivity index (χ0v) is 22.0. The van der Waals surface area contributed by atoms with Gasteiger partial charge in [-0.2, -0.15) is 10.1 Å². The number of ether oxygens (including phenoxy) is 2. The Balaban J connectivity index is 1.77. The average Bonchev–Trinajstić information content (AvgIpc) is 3.05. The molecule has 1 aromatic heterocycles. The molecule has 1 fully saturated rings. The van der Waals surface area contributed by atoms with E-state index in [2.05, 4.69) is 10.1 Å². The van der Waals surface area contributed by atoms with Gasteiger partial charge >= 0.3 is 19.4 Å². The first-order valence-corrected chi connectivity index (χ1v) is 13.3. The minimum absolute atomic E-state index is 0.0181. The Morgan fingerprint density at radius 1 is 1.30 bits per heavy atom. The summed E-state index contributed by atoms with van der Waals surface area (Å²) in [4.78, 5) is 28.4. The summed E-state index contributed by atoms with van der Waals surface area (Å²) >= 11 is 0. The van der Waals surface area contributed by atoms with Gasteiger partial charge in [-0.25, -0.2) is 9.36 Å². The second kappa shape index (κ2) is 11.7. The van der Waals surface area contributed by atoms with Crippen molar-refractivity contribution >= 4 is 19.5 Å². The Labute approximate surface area is 214 Å². The van der Waals surface area contributed by atoms with Crippen molar-refractivity contribution in [3.63, 3.8) is 0 Å². The number of aliphatic hydroxyl groups excluding tert-OH is 1. The predicted octanol–water partition coefficient (Wildman–Crippen LogP) is 1.18. The van der Waals surface area contributed by atoms with Gasteiger partial charge in [0.1, 0.15) is 29.8 Å². The van der Waals surface area contributed by atoms with E-state index in [0.29, 0.717) is 0 Å². The summed E-state index contributed by atoms with van der Waals surface area (Å²) in [7, 11) is -4.21. The Bertz CT molecular complexity index is 1180. The molecular formula is C23H34N5O8P. The molecule has 0 amide bonds. The largest absolute Gasteiger partial charge is 0.464 e. The van der Waals surface area contributed by atoms with Gasteiger partial charge in [-0.1, -0.05) is 32.0 Å². The van der Waals surface area contributed by atoms with E-state index in [4.69, 9.17) is 30.0 Å². The second-order valence-electron chi connectivity index (χ2n) is 9.45. The van der Waals surface area contributed by atoms with E-state index >= 15 is 0 Å². The Morgan fingerprint density at radius 2 is 1.97 bits per heavy atom. The molecule has 3 rings (SSSR count). The number of anilines is 1. The van der Waals surface area contributed by atoms with Gasteiger partial charge in [-0.15, -0.1) is 0 Å². The van der Waals surface area contributed by atoms with Gasteiger partial charge in [-0.3, -0.25) is 13.9 Å². The molecule has 2 aromatic rings. The maximum absolute atomic E-state index is 13.7. The number of rotatable bonds is 11. The molecule has 1 aromatic carbocycles. The molecule has 37 heavy (non-hydrogen) atoms. The number of hydrogen-bond donors (Lipinski definition) is 4. The van der Waals surface area contributed by atoms with Crippen LogP contribution in [0.1, 0.15) is 33.9 Å². The number of nitrogens with one attached hydrogen (secondary N) is 1. The maximum atomic E-state index is 13.7. The minimum Gasteiger partial charge on any atom is -0.464 e. The highest BCUT2D eigenvalue weighted by molar-refractivity contribution is 7.52. The maximum Gasteiger partial charge on any atom is 0.459 e. The molecule has 13 nitrogen and oxygen atoms in total. The van der Waals surface area contributed by atoms with E-state index < -0.39 is 56.0 Å². The van der Waals surface area contributed by atoms with Crippen LogP contribution in [-0.2, 0) is 23.4 Å². The van der Waals surface area contributed by atoms with E-state index in [1.807, 2.05) is 13.8 Å².